The molecule has 0 atom stereocenters. The van der Waals surface area contributed by atoms with E-state index in [1.54, 1.807) is 0 Å². The molecule has 0 rings (SSSR count). The molecule has 0 saturated heterocycles. The summed E-state index contributed by atoms with van der Waals surface area (Å²) in [5.41, 5.74) is 1.49. The molecule has 2 nitrogen and oxygen atoms in total. The molecular formula is C15H27NO. The molecule has 0 bridgehead atoms. The SMILES string of the molecule is C=N/C(=C\C(C)=C/CC(C)(C)C)OCC(C)C. The molecule has 0 heterocycles. The third kappa shape index (κ3) is 9.86. The highest BCUT2D eigenvalue weighted by molar-refractivity contribution is 5.30. The molecule has 0 N–H and O–H groups in total. The number of aliphatic imine (C=N–C) groups is 1. The summed E-state index contributed by atoms with van der Waals surface area (Å²) in [5, 5.41) is 0. The molecule has 0 aliphatic heterocycles. The number of hydrogen-bond acceptors (Lipinski definition) is 2. The standard InChI is InChI=1S/C15H27NO/c1-12(2)11-17-14(16-7)10-13(3)8-9-15(4,5)6/h8,10,12H,7,9,11H2,1-6H3/b13-8-,14-10+. The van der Waals surface area contributed by atoms with Gasteiger partial charge in [-0.15, -0.1) is 0 Å². The molecule has 0 aliphatic carbocycles. The van der Waals surface area contributed by atoms with Crippen LogP contribution < -0.4 is 0 Å². The first-order valence-electron chi connectivity index (χ1n) is 6.22. The predicted octanol–water partition coefficient (Wildman–Crippen LogP) is 4.58. The zero-order chi connectivity index (χ0) is 13.5. The second-order valence-electron chi connectivity index (χ2n) is 6.06. The van der Waals surface area contributed by atoms with E-state index in [1.165, 1.54) is 5.57 Å². The Morgan fingerprint density at radius 3 is 2.35 bits per heavy atom. The molecule has 0 spiro atoms. The molecule has 98 valence electrons. The topological polar surface area (TPSA) is 21.6 Å². The highest BCUT2D eigenvalue weighted by atomic mass is 16.5. The lowest BCUT2D eigenvalue weighted by atomic mass is 9.91. The van der Waals surface area contributed by atoms with Gasteiger partial charge in [-0.25, -0.2) is 4.99 Å². The fourth-order valence-electron chi connectivity index (χ4n) is 1.11. The Balaban J connectivity index is 4.45. The van der Waals surface area contributed by atoms with Crippen molar-refractivity contribution in [3.8, 4) is 0 Å². The molecule has 0 saturated carbocycles. The minimum atomic E-state index is 0.315. The van der Waals surface area contributed by atoms with E-state index in [9.17, 15) is 0 Å². The molecule has 0 unspecified atom stereocenters. The summed E-state index contributed by atoms with van der Waals surface area (Å²) in [7, 11) is 0. The second-order valence-corrected chi connectivity index (χ2v) is 6.06. The van der Waals surface area contributed by atoms with Gasteiger partial charge in [0.2, 0.25) is 5.88 Å². The molecule has 0 aromatic heterocycles. The van der Waals surface area contributed by atoms with Crippen LogP contribution in [-0.4, -0.2) is 13.3 Å². The highest BCUT2D eigenvalue weighted by Gasteiger charge is 2.07. The lowest BCUT2D eigenvalue weighted by Gasteiger charge is -2.15. The first-order valence-corrected chi connectivity index (χ1v) is 6.22. The summed E-state index contributed by atoms with van der Waals surface area (Å²) in [6, 6.07) is 0. The van der Waals surface area contributed by atoms with Crippen molar-refractivity contribution in [1.29, 1.82) is 0 Å². The average Bonchev–Trinajstić information content (AvgIpc) is 2.20. The molecule has 0 aromatic carbocycles. The highest BCUT2D eigenvalue weighted by Crippen LogP contribution is 2.20. The van der Waals surface area contributed by atoms with Crippen LogP contribution in [0.3, 0.4) is 0 Å². The second kappa shape index (κ2) is 7.31. The van der Waals surface area contributed by atoms with Crippen molar-refractivity contribution in [2.45, 2.75) is 48.0 Å². The van der Waals surface area contributed by atoms with Gasteiger partial charge in [0.15, 0.2) is 0 Å². The van der Waals surface area contributed by atoms with E-state index >= 15 is 0 Å². The smallest absolute Gasteiger partial charge is 0.212 e. The minimum absolute atomic E-state index is 0.315. The summed E-state index contributed by atoms with van der Waals surface area (Å²) in [4.78, 5) is 3.89. The number of hydrogen-bond donors (Lipinski definition) is 0. The van der Waals surface area contributed by atoms with Crippen LogP contribution in [0, 0.1) is 11.3 Å². The maximum Gasteiger partial charge on any atom is 0.212 e. The van der Waals surface area contributed by atoms with Crippen LogP contribution in [0.4, 0.5) is 0 Å². The quantitative estimate of drug-likeness (QED) is 0.376. The van der Waals surface area contributed by atoms with E-state index in [0.717, 1.165) is 6.42 Å². The van der Waals surface area contributed by atoms with Crippen molar-refractivity contribution < 1.29 is 4.74 Å². The molecule has 0 radical (unpaired) electrons. The molecule has 0 fully saturated rings. The number of allylic oxidation sites excluding steroid dienone is 3. The third-order valence-electron chi connectivity index (χ3n) is 2.11. The van der Waals surface area contributed by atoms with E-state index in [2.05, 4.69) is 59.3 Å². The Hall–Kier alpha value is -1.05. The summed E-state index contributed by atoms with van der Waals surface area (Å²) >= 11 is 0. The van der Waals surface area contributed by atoms with Gasteiger partial charge in [-0.3, -0.25) is 0 Å². The molecule has 17 heavy (non-hydrogen) atoms. The Labute approximate surface area is 106 Å². The van der Waals surface area contributed by atoms with E-state index in [-0.39, 0.29) is 0 Å². The van der Waals surface area contributed by atoms with Gasteiger partial charge in [0.1, 0.15) is 0 Å². The molecular weight excluding hydrogens is 210 g/mol. The molecule has 2 heteroatoms. The summed E-state index contributed by atoms with van der Waals surface area (Å²) in [6.45, 7) is 17.2. The van der Waals surface area contributed by atoms with E-state index < -0.39 is 0 Å². The summed E-state index contributed by atoms with van der Waals surface area (Å²) in [6.07, 6.45) is 5.20. The van der Waals surface area contributed by atoms with Crippen molar-refractivity contribution in [2.24, 2.45) is 16.3 Å². The van der Waals surface area contributed by atoms with Gasteiger partial charge in [0, 0.05) is 6.08 Å². The zero-order valence-corrected chi connectivity index (χ0v) is 12.2. The fraction of sp³-hybridized carbons (Fsp3) is 0.667. The maximum atomic E-state index is 5.55. The van der Waals surface area contributed by atoms with Gasteiger partial charge in [-0.1, -0.05) is 40.7 Å². The van der Waals surface area contributed by atoms with Crippen molar-refractivity contribution in [3.05, 3.63) is 23.6 Å². The monoisotopic (exact) mass is 237 g/mol. The summed E-state index contributed by atoms with van der Waals surface area (Å²) < 4.78 is 5.55. The maximum absolute atomic E-state index is 5.55. The Morgan fingerprint density at radius 2 is 1.94 bits per heavy atom. The number of rotatable bonds is 6. The minimum Gasteiger partial charge on any atom is -0.477 e. The van der Waals surface area contributed by atoms with Gasteiger partial charge in [0.05, 0.1) is 6.61 Å². The summed E-state index contributed by atoms with van der Waals surface area (Å²) in [5.74, 6) is 1.11. The van der Waals surface area contributed by atoms with E-state index in [0.29, 0.717) is 23.8 Å². The van der Waals surface area contributed by atoms with Gasteiger partial charge in [-0.05, 0) is 37.0 Å². The molecule has 0 amide bonds. The Bertz CT molecular complexity index is 293. The predicted molar refractivity (Wildman–Crippen MR) is 76.3 cm³/mol. The number of ether oxygens (including phenoxy) is 1. The molecule has 0 aliphatic rings. The largest absolute Gasteiger partial charge is 0.477 e. The van der Waals surface area contributed by atoms with Gasteiger partial charge in [-0.2, -0.15) is 0 Å². The van der Waals surface area contributed by atoms with Crippen LogP contribution in [0.5, 0.6) is 0 Å². The average molecular weight is 237 g/mol. The van der Waals surface area contributed by atoms with Crippen molar-refractivity contribution in [2.75, 3.05) is 6.61 Å². The number of nitrogens with zero attached hydrogens (tertiary/aromatic N) is 1. The first kappa shape index (κ1) is 16.0. The van der Waals surface area contributed by atoms with Crippen LogP contribution in [0.1, 0.15) is 48.0 Å². The van der Waals surface area contributed by atoms with Crippen molar-refractivity contribution in [3.63, 3.8) is 0 Å². The van der Waals surface area contributed by atoms with Crippen molar-refractivity contribution >= 4 is 6.72 Å². The lowest BCUT2D eigenvalue weighted by Crippen LogP contribution is -2.03. The third-order valence-corrected chi connectivity index (χ3v) is 2.11. The first-order chi connectivity index (χ1) is 7.74. The normalized spacial score (nSPS) is 14.1. The van der Waals surface area contributed by atoms with Crippen molar-refractivity contribution in [1.82, 2.24) is 0 Å². The fourth-order valence-corrected chi connectivity index (χ4v) is 1.11. The zero-order valence-electron chi connectivity index (χ0n) is 12.2. The Kier molecular flexibility index (Phi) is 6.86. The Morgan fingerprint density at radius 1 is 1.35 bits per heavy atom. The van der Waals surface area contributed by atoms with Crippen LogP contribution in [-0.2, 0) is 4.74 Å². The molecule has 0 aromatic rings. The van der Waals surface area contributed by atoms with Gasteiger partial charge >= 0.3 is 0 Å². The van der Waals surface area contributed by atoms with Gasteiger partial charge < -0.3 is 4.74 Å². The van der Waals surface area contributed by atoms with Gasteiger partial charge in [0.25, 0.3) is 0 Å². The lowest BCUT2D eigenvalue weighted by molar-refractivity contribution is 0.178. The van der Waals surface area contributed by atoms with Crippen LogP contribution in [0.15, 0.2) is 28.6 Å². The van der Waals surface area contributed by atoms with Crippen LogP contribution in [0.25, 0.3) is 0 Å². The van der Waals surface area contributed by atoms with E-state index in [4.69, 9.17) is 4.74 Å². The van der Waals surface area contributed by atoms with Crippen LogP contribution >= 0.6 is 0 Å². The van der Waals surface area contributed by atoms with Crippen LogP contribution in [0.2, 0.25) is 0 Å². The van der Waals surface area contributed by atoms with E-state index in [1.807, 2.05) is 6.08 Å².